The van der Waals surface area contributed by atoms with Crippen molar-refractivity contribution in [3.05, 3.63) is 102 Å². The van der Waals surface area contributed by atoms with E-state index in [1.54, 1.807) is 30.3 Å². The normalized spacial score (nSPS) is 15.4. The average Bonchev–Trinajstić information content (AvgIpc) is 2.84. The van der Waals surface area contributed by atoms with E-state index in [1.807, 2.05) is 61.5 Å². The molecule has 7 heteroatoms. The van der Waals surface area contributed by atoms with Gasteiger partial charge in [-0.25, -0.2) is 13.1 Å². The third-order valence-corrected chi connectivity index (χ3v) is 7.72. The van der Waals surface area contributed by atoms with E-state index in [1.165, 1.54) is 0 Å². The molecule has 4 aromatic carbocycles. The van der Waals surface area contributed by atoms with Gasteiger partial charge in [-0.05, 0) is 48.7 Å². The molecule has 0 saturated carbocycles. The first-order valence-electron chi connectivity index (χ1n) is 11.2. The van der Waals surface area contributed by atoms with Crippen LogP contribution in [0.5, 0.6) is 0 Å². The number of nitrogens with one attached hydrogen (secondary N) is 3. The van der Waals surface area contributed by atoms with Crippen molar-refractivity contribution in [1.29, 1.82) is 0 Å². The fraction of sp³-hybridized carbons (Fsp3) is 0.148. The van der Waals surface area contributed by atoms with Crippen molar-refractivity contribution in [2.45, 2.75) is 24.3 Å². The summed E-state index contributed by atoms with van der Waals surface area (Å²) in [6, 6.07) is 25.2. The lowest BCUT2D eigenvalue weighted by atomic mass is 9.99. The van der Waals surface area contributed by atoms with E-state index >= 15 is 0 Å². The Hall–Kier alpha value is -3.68. The minimum Gasteiger partial charge on any atom is -0.385 e. The first kappa shape index (κ1) is 22.1. The number of carbonyl (C=O) groups is 1. The van der Waals surface area contributed by atoms with Gasteiger partial charge in [-0.2, -0.15) is 0 Å². The Kier molecular flexibility index (Phi) is 5.81. The van der Waals surface area contributed by atoms with Gasteiger partial charge >= 0.3 is 0 Å². The molecule has 0 fully saturated rings. The fourth-order valence-corrected chi connectivity index (χ4v) is 5.93. The molecular formula is C27H25N3O3S. The van der Waals surface area contributed by atoms with Crippen LogP contribution < -0.4 is 15.4 Å². The molecule has 34 heavy (non-hydrogen) atoms. The second-order valence-corrected chi connectivity index (χ2v) is 10.1. The average molecular weight is 472 g/mol. The quantitative estimate of drug-likeness (QED) is 0.372. The van der Waals surface area contributed by atoms with E-state index in [2.05, 4.69) is 15.4 Å². The minimum absolute atomic E-state index is 0.188. The zero-order valence-electron chi connectivity index (χ0n) is 18.7. The van der Waals surface area contributed by atoms with Crippen molar-refractivity contribution in [2.24, 2.45) is 0 Å². The van der Waals surface area contributed by atoms with E-state index in [-0.39, 0.29) is 16.8 Å². The summed E-state index contributed by atoms with van der Waals surface area (Å²) in [7, 11) is -3.82. The van der Waals surface area contributed by atoms with Gasteiger partial charge < -0.3 is 10.6 Å². The molecule has 5 rings (SSSR count). The van der Waals surface area contributed by atoms with Crippen LogP contribution in [0, 0.1) is 6.92 Å². The van der Waals surface area contributed by atoms with Crippen LogP contribution in [-0.2, 0) is 10.0 Å². The van der Waals surface area contributed by atoms with Gasteiger partial charge in [0.1, 0.15) is 0 Å². The number of amides is 1. The molecular weight excluding hydrogens is 446 g/mol. The molecule has 0 saturated heterocycles. The SMILES string of the molecule is Cc1ccccc1C(=O)Nc1ccc(S(=O)(=O)NC2CCNc3ccccc32)c2ccccc12. The molecule has 0 aromatic heterocycles. The summed E-state index contributed by atoms with van der Waals surface area (Å²) in [5.74, 6) is -0.233. The van der Waals surface area contributed by atoms with Gasteiger partial charge in [0.15, 0.2) is 0 Å². The van der Waals surface area contributed by atoms with Crippen molar-refractivity contribution < 1.29 is 13.2 Å². The third kappa shape index (κ3) is 4.16. The first-order valence-corrected chi connectivity index (χ1v) is 12.7. The number of carbonyl (C=O) groups excluding carboxylic acids is 1. The summed E-state index contributed by atoms with van der Waals surface area (Å²) in [6.07, 6.45) is 0.652. The molecule has 4 aromatic rings. The van der Waals surface area contributed by atoms with Crippen LogP contribution in [-0.4, -0.2) is 20.9 Å². The zero-order chi connectivity index (χ0) is 23.7. The van der Waals surface area contributed by atoms with Gasteiger partial charge in [-0.1, -0.05) is 60.7 Å². The lowest BCUT2D eigenvalue weighted by molar-refractivity contribution is 0.102. The van der Waals surface area contributed by atoms with Gasteiger partial charge in [0.25, 0.3) is 5.91 Å². The fourth-order valence-electron chi connectivity index (χ4n) is 4.47. The van der Waals surface area contributed by atoms with E-state index in [0.717, 1.165) is 16.8 Å². The summed E-state index contributed by atoms with van der Waals surface area (Å²) in [5, 5.41) is 7.49. The number of fused-ring (bicyclic) bond motifs is 2. The van der Waals surface area contributed by atoms with E-state index < -0.39 is 10.0 Å². The van der Waals surface area contributed by atoms with Crippen LogP contribution >= 0.6 is 0 Å². The molecule has 1 heterocycles. The highest BCUT2D eigenvalue weighted by Crippen LogP contribution is 2.34. The number of hydrogen-bond donors (Lipinski definition) is 3. The van der Waals surface area contributed by atoms with Crippen LogP contribution in [0.2, 0.25) is 0 Å². The van der Waals surface area contributed by atoms with Gasteiger partial charge in [-0.3, -0.25) is 4.79 Å². The van der Waals surface area contributed by atoms with Crippen molar-refractivity contribution in [3.8, 4) is 0 Å². The van der Waals surface area contributed by atoms with Crippen molar-refractivity contribution in [1.82, 2.24) is 4.72 Å². The Morgan fingerprint density at radius 3 is 2.41 bits per heavy atom. The van der Waals surface area contributed by atoms with Crippen molar-refractivity contribution >= 4 is 38.1 Å². The maximum atomic E-state index is 13.5. The predicted molar refractivity (Wildman–Crippen MR) is 136 cm³/mol. The monoisotopic (exact) mass is 471 g/mol. The lowest BCUT2D eigenvalue weighted by Crippen LogP contribution is -2.33. The lowest BCUT2D eigenvalue weighted by Gasteiger charge is -2.27. The maximum Gasteiger partial charge on any atom is 0.255 e. The molecule has 1 aliphatic heterocycles. The van der Waals surface area contributed by atoms with Gasteiger partial charge in [-0.15, -0.1) is 0 Å². The van der Waals surface area contributed by atoms with E-state index in [0.29, 0.717) is 35.0 Å². The number of sulfonamides is 1. The number of para-hydroxylation sites is 1. The largest absolute Gasteiger partial charge is 0.385 e. The highest BCUT2D eigenvalue weighted by Gasteiger charge is 2.27. The molecule has 6 nitrogen and oxygen atoms in total. The molecule has 0 spiro atoms. The molecule has 0 bridgehead atoms. The Morgan fingerprint density at radius 1 is 0.882 bits per heavy atom. The summed E-state index contributed by atoms with van der Waals surface area (Å²) in [4.78, 5) is 13.1. The smallest absolute Gasteiger partial charge is 0.255 e. The maximum absolute atomic E-state index is 13.5. The van der Waals surface area contributed by atoms with Crippen molar-refractivity contribution in [2.75, 3.05) is 17.2 Å². The van der Waals surface area contributed by atoms with Crippen LogP contribution in [0.1, 0.15) is 33.9 Å². The summed E-state index contributed by atoms with van der Waals surface area (Å²) >= 11 is 0. The molecule has 3 N–H and O–H groups in total. The Balaban J connectivity index is 1.50. The second kappa shape index (κ2) is 8.93. The molecule has 0 radical (unpaired) electrons. The Morgan fingerprint density at radius 2 is 1.59 bits per heavy atom. The Bertz CT molecular complexity index is 1500. The van der Waals surface area contributed by atoms with Crippen LogP contribution in [0.4, 0.5) is 11.4 Å². The molecule has 0 aliphatic carbocycles. The highest BCUT2D eigenvalue weighted by molar-refractivity contribution is 7.89. The van der Waals surface area contributed by atoms with Crippen LogP contribution in [0.3, 0.4) is 0 Å². The predicted octanol–water partition coefficient (Wildman–Crippen LogP) is 5.24. The Labute approximate surface area is 199 Å². The number of aryl methyl sites for hydroxylation is 1. The van der Waals surface area contributed by atoms with Crippen LogP contribution in [0.15, 0.2) is 89.8 Å². The van der Waals surface area contributed by atoms with Gasteiger partial charge in [0.05, 0.1) is 10.9 Å². The van der Waals surface area contributed by atoms with E-state index in [4.69, 9.17) is 0 Å². The van der Waals surface area contributed by atoms with Gasteiger partial charge in [0.2, 0.25) is 10.0 Å². The molecule has 1 atom stereocenters. The molecule has 172 valence electrons. The summed E-state index contributed by atoms with van der Waals surface area (Å²) in [5.41, 5.74) is 3.89. The second-order valence-electron chi connectivity index (χ2n) is 8.40. The summed E-state index contributed by atoms with van der Waals surface area (Å²) in [6.45, 7) is 2.57. The third-order valence-electron chi connectivity index (χ3n) is 6.19. The zero-order valence-corrected chi connectivity index (χ0v) is 19.5. The number of hydrogen-bond acceptors (Lipinski definition) is 4. The molecule has 1 aliphatic rings. The van der Waals surface area contributed by atoms with Gasteiger partial charge in [0, 0.05) is 34.3 Å². The number of rotatable bonds is 5. The number of anilines is 2. The van der Waals surface area contributed by atoms with Crippen molar-refractivity contribution in [3.63, 3.8) is 0 Å². The highest BCUT2D eigenvalue weighted by atomic mass is 32.2. The first-order chi connectivity index (χ1) is 16.4. The minimum atomic E-state index is -3.82. The topological polar surface area (TPSA) is 87.3 Å². The van der Waals surface area contributed by atoms with Crippen LogP contribution in [0.25, 0.3) is 10.8 Å². The van der Waals surface area contributed by atoms with E-state index in [9.17, 15) is 13.2 Å². The molecule has 1 amide bonds. The molecule has 1 unspecified atom stereocenters. The summed E-state index contributed by atoms with van der Waals surface area (Å²) < 4.78 is 29.9. The standard InChI is InChI=1S/C27H25N3O3S/c1-18-8-2-3-9-19(18)27(31)29-24-14-15-26(21-11-5-4-10-20(21)24)34(32,33)30-25-16-17-28-23-13-7-6-12-22(23)25/h2-15,25,28,30H,16-17H2,1H3,(H,29,31). The number of benzene rings is 4.